The monoisotopic (exact) mass is 529 g/mol. The lowest BCUT2D eigenvalue weighted by Crippen LogP contribution is -2.45. The molecular formula is C23H40IN5O. The second-order valence-electron chi connectivity index (χ2n) is 8.37. The summed E-state index contributed by atoms with van der Waals surface area (Å²) in [4.78, 5) is 21.3. The fourth-order valence-corrected chi connectivity index (χ4v) is 3.57. The molecule has 1 aromatic rings. The fraction of sp³-hybridized carbons (Fsp3) is 0.652. The maximum Gasteiger partial charge on any atom is 0.225 e. The molecule has 1 aromatic carbocycles. The van der Waals surface area contributed by atoms with Gasteiger partial charge in [0.1, 0.15) is 0 Å². The third-order valence-corrected chi connectivity index (χ3v) is 5.52. The van der Waals surface area contributed by atoms with Gasteiger partial charge in [-0.2, -0.15) is 0 Å². The van der Waals surface area contributed by atoms with E-state index >= 15 is 0 Å². The summed E-state index contributed by atoms with van der Waals surface area (Å²) in [6, 6.07) is 11.3. The molecule has 2 unspecified atom stereocenters. The summed E-state index contributed by atoms with van der Waals surface area (Å²) in [7, 11) is 2.17. The molecule has 30 heavy (non-hydrogen) atoms. The van der Waals surface area contributed by atoms with Gasteiger partial charge in [-0.15, -0.1) is 24.0 Å². The van der Waals surface area contributed by atoms with Crippen molar-refractivity contribution in [3.8, 4) is 0 Å². The average molecular weight is 530 g/mol. The van der Waals surface area contributed by atoms with E-state index in [0.717, 1.165) is 51.5 Å². The molecule has 0 radical (unpaired) electrons. The summed E-state index contributed by atoms with van der Waals surface area (Å²) >= 11 is 0. The summed E-state index contributed by atoms with van der Waals surface area (Å²) in [6.07, 6.45) is 1.97. The van der Waals surface area contributed by atoms with Gasteiger partial charge >= 0.3 is 0 Å². The summed E-state index contributed by atoms with van der Waals surface area (Å²) in [5.41, 5.74) is 1.34. The van der Waals surface area contributed by atoms with Gasteiger partial charge in [0.05, 0.1) is 0 Å². The van der Waals surface area contributed by atoms with Gasteiger partial charge in [0.25, 0.3) is 0 Å². The van der Waals surface area contributed by atoms with Crippen LogP contribution < -0.4 is 10.6 Å². The SMILES string of the molecule is CCNC(=NCCC(C)N(C)Cc1ccccc1)NC1CCN(C(=O)C(C)C)C1.I. The van der Waals surface area contributed by atoms with Crippen molar-refractivity contribution in [3.63, 3.8) is 0 Å². The molecule has 1 saturated heterocycles. The Morgan fingerprint density at radius 3 is 2.60 bits per heavy atom. The van der Waals surface area contributed by atoms with Crippen molar-refractivity contribution in [1.82, 2.24) is 20.4 Å². The number of guanidine groups is 1. The predicted octanol–water partition coefficient (Wildman–Crippen LogP) is 3.33. The van der Waals surface area contributed by atoms with Gasteiger partial charge in [0, 0.05) is 50.7 Å². The number of carbonyl (C=O) groups excluding carboxylic acids is 1. The molecule has 6 nitrogen and oxygen atoms in total. The number of carbonyl (C=O) groups is 1. The summed E-state index contributed by atoms with van der Waals surface area (Å²) in [5, 5.41) is 6.86. The van der Waals surface area contributed by atoms with E-state index < -0.39 is 0 Å². The number of hydrogen-bond donors (Lipinski definition) is 2. The summed E-state index contributed by atoms with van der Waals surface area (Å²) in [5.74, 6) is 1.16. The fourth-order valence-electron chi connectivity index (χ4n) is 3.57. The zero-order chi connectivity index (χ0) is 21.2. The van der Waals surface area contributed by atoms with Crippen molar-refractivity contribution >= 4 is 35.8 Å². The molecular weight excluding hydrogens is 489 g/mol. The van der Waals surface area contributed by atoms with E-state index in [0.29, 0.717) is 6.04 Å². The highest BCUT2D eigenvalue weighted by Gasteiger charge is 2.27. The lowest BCUT2D eigenvalue weighted by Gasteiger charge is -2.24. The smallest absolute Gasteiger partial charge is 0.225 e. The van der Waals surface area contributed by atoms with Crippen LogP contribution in [0.25, 0.3) is 0 Å². The maximum absolute atomic E-state index is 12.2. The minimum Gasteiger partial charge on any atom is -0.357 e. The number of amides is 1. The Hall–Kier alpha value is -1.35. The Kier molecular flexibility index (Phi) is 12.3. The molecule has 0 bridgehead atoms. The molecule has 1 amide bonds. The van der Waals surface area contributed by atoms with Crippen LogP contribution in [0.15, 0.2) is 35.3 Å². The Morgan fingerprint density at radius 2 is 1.97 bits per heavy atom. The standard InChI is InChI=1S/C23H39N5O.HI/c1-6-24-23(26-21-13-15-28(17-21)22(29)18(2)3)25-14-12-19(4)27(5)16-20-10-8-7-9-11-20;/h7-11,18-19,21H,6,12-17H2,1-5H3,(H2,24,25,26);1H. The first-order chi connectivity index (χ1) is 13.9. The second-order valence-corrected chi connectivity index (χ2v) is 8.37. The van der Waals surface area contributed by atoms with Gasteiger partial charge < -0.3 is 15.5 Å². The van der Waals surface area contributed by atoms with Gasteiger partial charge in [0.2, 0.25) is 5.91 Å². The highest BCUT2D eigenvalue weighted by molar-refractivity contribution is 14.0. The molecule has 1 aliphatic heterocycles. The summed E-state index contributed by atoms with van der Waals surface area (Å²) in [6.45, 7) is 12.4. The highest BCUT2D eigenvalue weighted by atomic mass is 127. The minimum absolute atomic E-state index is 0. The molecule has 2 atom stereocenters. The molecule has 2 N–H and O–H groups in total. The van der Waals surface area contributed by atoms with Gasteiger partial charge in [-0.25, -0.2) is 0 Å². The average Bonchev–Trinajstić information content (AvgIpc) is 3.16. The van der Waals surface area contributed by atoms with Gasteiger partial charge in [-0.05, 0) is 39.3 Å². The Balaban J connectivity index is 0.00000450. The largest absolute Gasteiger partial charge is 0.357 e. The van der Waals surface area contributed by atoms with Crippen molar-refractivity contribution < 1.29 is 4.79 Å². The molecule has 2 rings (SSSR count). The minimum atomic E-state index is 0. The molecule has 1 heterocycles. The number of rotatable bonds is 9. The van der Waals surface area contributed by atoms with Crippen LogP contribution >= 0.6 is 24.0 Å². The molecule has 1 fully saturated rings. The number of benzene rings is 1. The van der Waals surface area contributed by atoms with E-state index in [1.807, 2.05) is 18.7 Å². The van der Waals surface area contributed by atoms with Crippen molar-refractivity contribution in [2.75, 3.05) is 33.2 Å². The number of nitrogens with one attached hydrogen (secondary N) is 2. The molecule has 0 saturated carbocycles. The van der Waals surface area contributed by atoms with Crippen LogP contribution in [0.5, 0.6) is 0 Å². The van der Waals surface area contributed by atoms with Crippen LogP contribution in [0.2, 0.25) is 0 Å². The zero-order valence-electron chi connectivity index (χ0n) is 19.2. The predicted molar refractivity (Wildman–Crippen MR) is 136 cm³/mol. The van der Waals surface area contributed by atoms with Crippen LogP contribution in [0.4, 0.5) is 0 Å². The molecule has 0 aromatic heterocycles. The lowest BCUT2D eigenvalue weighted by molar-refractivity contribution is -0.133. The van der Waals surface area contributed by atoms with E-state index in [1.165, 1.54) is 5.56 Å². The molecule has 0 aliphatic carbocycles. The third-order valence-electron chi connectivity index (χ3n) is 5.52. The number of likely N-dealkylation sites (tertiary alicyclic amines) is 1. The van der Waals surface area contributed by atoms with Gasteiger partial charge in [0.15, 0.2) is 5.96 Å². The van der Waals surface area contributed by atoms with Gasteiger partial charge in [-0.3, -0.25) is 14.7 Å². The Labute approximate surface area is 199 Å². The maximum atomic E-state index is 12.2. The highest BCUT2D eigenvalue weighted by Crippen LogP contribution is 2.13. The quantitative estimate of drug-likeness (QED) is 0.293. The van der Waals surface area contributed by atoms with Crippen molar-refractivity contribution in [2.24, 2.45) is 10.9 Å². The topological polar surface area (TPSA) is 60.0 Å². The first-order valence-electron chi connectivity index (χ1n) is 11.0. The Bertz CT molecular complexity index is 652. The van der Waals surface area contributed by atoms with Crippen LogP contribution in [-0.4, -0.2) is 67.0 Å². The molecule has 7 heteroatoms. The third kappa shape index (κ3) is 8.79. The van der Waals surface area contributed by atoms with Crippen molar-refractivity contribution in [3.05, 3.63) is 35.9 Å². The van der Waals surface area contributed by atoms with Gasteiger partial charge in [-0.1, -0.05) is 44.2 Å². The number of halogens is 1. The van der Waals surface area contributed by atoms with Crippen LogP contribution in [0, 0.1) is 5.92 Å². The van der Waals surface area contributed by atoms with Crippen LogP contribution in [0.1, 0.15) is 46.1 Å². The van der Waals surface area contributed by atoms with Crippen LogP contribution in [-0.2, 0) is 11.3 Å². The van der Waals surface area contributed by atoms with Crippen LogP contribution in [0.3, 0.4) is 0 Å². The van der Waals surface area contributed by atoms with E-state index in [1.54, 1.807) is 0 Å². The molecule has 1 aliphatic rings. The lowest BCUT2D eigenvalue weighted by atomic mass is 10.1. The van der Waals surface area contributed by atoms with E-state index in [-0.39, 0.29) is 41.8 Å². The van der Waals surface area contributed by atoms with Crippen molar-refractivity contribution in [1.29, 1.82) is 0 Å². The number of hydrogen-bond acceptors (Lipinski definition) is 3. The normalized spacial score (nSPS) is 17.8. The van der Waals surface area contributed by atoms with Crippen molar-refractivity contribution in [2.45, 2.75) is 59.2 Å². The number of nitrogens with zero attached hydrogens (tertiary/aromatic N) is 3. The van der Waals surface area contributed by atoms with E-state index in [9.17, 15) is 4.79 Å². The first-order valence-corrected chi connectivity index (χ1v) is 11.0. The Morgan fingerprint density at radius 1 is 1.27 bits per heavy atom. The zero-order valence-corrected chi connectivity index (χ0v) is 21.6. The summed E-state index contributed by atoms with van der Waals surface area (Å²) < 4.78 is 0. The second kappa shape index (κ2) is 13.9. The van der Waals surface area contributed by atoms with E-state index in [2.05, 4.69) is 66.8 Å². The molecule has 0 spiro atoms. The molecule has 170 valence electrons. The number of aliphatic imine (C=N–C) groups is 1. The van der Waals surface area contributed by atoms with E-state index in [4.69, 9.17) is 4.99 Å². The first kappa shape index (κ1) is 26.7.